The molecule has 0 N–H and O–H groups in total. The zero-order valence-electron chi connectivity index (χ0n) is 13.1. The first-order chi connectivity index (χ1) is 10.0. The van der Waals surface area contributed by atoms with Gasteiger partial charge in [0.25, 0.3) is 0 Å². The highest BCUT2D eigenvalue weighted by Crippen LogP contribution is 2.12. The van der Waals surface area contributed by atoms with E-state index in [1.807, 2.05) is 37.5 Å². The highest BCUT2D eigenvalue weighted by atomic mass is 32.1. The third-order valence-corrected chi connectivity index (χ3v) is 4.41. The smallest absolute Gasteiger partial charge is 0.236 e. The largest absolute Gasteiger partial charge is 0.374 e. The molecule has 1 aromatic rings. The lowest BCUT2D eigenvalue weighted by Crippen LogP contribution is -2.49. The Bertz CT molecular complexity index is 436. The molecule has 21 heavy (non-hydrogen) atoms. The number of carbonyl (C=O) groups is 1. The molecule has 118 valence electrons. The van der Waals surface area contributed by atoms with Crippen molar-refractivity contribution >= 4 is 17.2 Å². The number of likely N-dealkylation sites (N-methyl/N-ethyl adjacent to an activating group) is 2. The minimum absolute atomic E-state index is 0.175. The van der Waals surface area contributed by atoms with Crippen LogP contribution in [0.4, 0.5) is 0 Å². The minimum Gasteiger partial charge on any atom is -0.374 e. The molecule has 0 radical (unpaired) electrons. The van der Waals surface area contributed by atoms with Gasteiger partial charge >= 0.3 is 0 Å². The molecular formula is C15H25N3O2S. The normalized spacial score (nSPS) is 19.9. The molecule has 0 spiro atoms. The van der Waals surface area contributed by atoms with Crippen LogP contribution in [0.25, 0.3) is 0 Å². The van der Waals surface area contributed by atoms with Crippen molar-refractivity contribution in [2.45, 2.75) is 12.6 Å². The second kappa shape index (κ2) is 7.89. The van der Waals surface area contributed by atoms with Crippen LogP contribution in [0.5, 0.6) is 0 Å². The van der Waals surface area contributed by atoms with E-state index in [2.05, 4.69) is 15.9 Å². The number of rotatable bonds is 6. The quantitative estimate of drug-likeness (QED) is 0.784. The molecule has 0 aromatic carbocycles. The standard InChI is InChI=1S/C15H25N3O2S/c1-16(2)9-13-10-18(6-7-20-13)12-15(19)17(3)11-14-5-4-8-21-14/h4-5,8,13H,6-7,9-12H2,1-3H3. The highest BCUT2D eigenvalue weighted by molar-refractivity contribution is 7.09. The van der Waals surface area contributed by atoms with Gasteiger partial charge in [-0.15, -0.1) is 11.3 Å². The van der Waals surface area contributed by atoms with E-state index in [1.165, 1.54) is 4.88 Å². The average molecular weight is 311 g/mol. The molecule has 1 aliphatic heterocycles. The Morgan fingerprint density at radius 1 is 1.48 bits per heavy atom. The number of nitrogens with zero attached hydrogens (tertiary/aromatic N) is 3. The van der Waals surface area contributed by atoms with Crippen LogP contribution in [-0.4, -0.2) is 80.6 Å². The van der Waals surface area contributed by atoms with Gasteiger partial charge < -0.3 is 14.5 Å². The zero-order chi connectivity index (χ0) is 15.2. The molecule has 1 aliphatic rings. The van der Waals surface area contributed by atoms with Crippen LogP contribution in [0.2, 0.25) is 0 Å². The summed E-state index contributed by atoms with van der Waals surface area (Å²) in [6.45, 7) is 4.45. The van der Waals surface area contributed by atoms with Crippen molar-refractivity contribution < 1.29 is 9.53 Å². The van der Waals surface area contributed by atoms with Gasteiger partial charge in [-0.05, 0) is 25.5 Å². The van der Waals surface area contributed by atoms with Crippen LogP contribution in [0.3, 0.4) is 0 Å². The van der Waals surface area contributed by atoms with Gasteiger partial charge in [0.1, 0.15) is 0 Å². The van der Waals surface area contributed by atoms with Crippen molar-refractivity contribution in [3.63, 3.8) is 0 Å². The number of thiophene rings is 1. The van der Waals surface area contributed by atoms with Gasteiger partial charge in [-0.2, -0.15) is 0 Å². The van der Waals surface area contributed by atoms with Crippen LogP contribution in [0.15, 0.2) is 17.5 Å². The predicted octanol–water partition coefficient (Wildman–Crippen LogP) is 0.969. The van der Waals surface area contributed by atoms with Crippen molar-refractivity contribution in [2.75, 3.05) is 53.9 Å². The molecule has 1 aromatic heterocycles. The third kappa shape index (κ3) is 5.39. The lowest BCUT2D eigenvalue weighted by molar-refractivity contribution is -0.133. The molecule has 2 rings (SSSR count). The van der Waals surface area contributed by atoms with Gasteiger partial charge in [0, 0.05) is 31.6 Å². The fourth-order valence-electron chi connectivity index (χ4n) is 2.48. The molecule has 1 unspecified atom stereocenters. The Morgan fingerprint density at radius 2 is 2.29 bits per heavy atom. The Hall–Kier alpha value is -0.950. The first-order valence-corrected chi connectivity index (χ1v) is 8.17. The number of hydrogen-bond donors (Lipinski definition) is 0. The van der Waals surface area contributed by atoms with Gasteiger partial charge in [0.15, 0.2) is 0 Å². The van der Waals surface area contributed by atoms with Gasteiger partial charge in [-0.3, -0.25) is 9.69 Å². The van der Waals surface area contributed by atoms with Gasteiger partial charge in [0.05, 0.1) is 25.8 Å². The maximum atomic E-state index is 12.3. The minimum atomic E-state index is 0.175. The Morgan fingerprint density at radius 3 is 2.95 bits per heavy atom. The molecule has 1 atom stereocenters. The lowest BCUT2D eigenvalue weighted by atomic mass is 10.2. The Kier molecular flexibility index (Phi) is 6.17. The average Bonchev–Trinajstić information content (AvgIpc) is 2.91. The molecule has 0 aliphatic carbocycles. The van der Waals surface area contributed by atoms with E-state index >= 15 is 0 Å². The van der Waals surface area contributed by atoms with E-state index in [-0.39, 0.29) is 12.0 Å². The van der Waals surface area contributed by atoms with Crippen LogP contribution in [0, 0.1) is 0 Å². The SMILES string of the molecule is CN(C)CC1CN(CC(=O)N(C)Cc2cccs2)CCO1. The molecule has 1 fully saturated rings. The molecule has 2 heterocycles. The summed E-state index contributed by atoms with van der Waals surface area (Å²) in [5, 5.41) is 2.04. The van der Waals surface area contributed by atoms with E-state index in [1.54, 1.807) is 11.3 Å². The maximum Gasteiger partial charge on any atom is 0.236 e. The first-order valence-electron chi connectivity index (χ1n) is 7.29. The van der Waals surface area contributed by atoms with Gasteiger partial charge in [-0.1, -0.05) is 6.07 Å². The van der Waals surface area contributed by atoms with E-state index < -0.39 is 0 Å². The fraction of sp³-hybridized carbons (Fsp3) is 0.667. The molecule has 0 bridgehead atoms. The third-order valence-electron chi connectivity index (χ3n) is 3.55. The number of hydrogen-bond acceptors (Lipinski definition) is 5. The van der Waals surface area contributed by atoms with Crippen LogP contribution in [0.1, 0.15) is 4.88 Å². The number of morpholine rings is 1. The van der Waals surface area contributed by atoms with Crippen molar-refractivity contribution in [2.24, 2.45) is 0 Å². The summed E-state index contributed by atoms with van der Waals surface area (Å²) in [4.78, 5) is 19.7. The van der Waals surface area contributed by atoms with Crippen molar-refractivity contribution in [1.82, 2.24) is 14.7 Å². The topological polar surface area (TPSA) is 36.0 Å². The van der Waals surface area contributed by atoms with E-state index in [0.29, 0.717) is 19.7 Å². The zero-order valence-corrected chi connectivity index (χ0v) is 13.9. The molecule has 1 amide bonds. The summed E-state index contributed by atoms with van der Waals surface area (Å²) >= 11 is 1.69. The predicted molar refractivity (Wildman–Crippen MR) is 85.5 cm³/mol. The Labute approximate surface area is 131 Å². The van der Waals surface area contributed by atoms with Crippen LogP contribution >= 0.6 is 11.3 Å². The molecular weight excluding hydrogens is 286 g/mol. The summed E-state index contributed by atoms with van der Waals surface area (Å²) in [5.41, 5.74) is 0. The first kappa shape index (κ1) is 16.4. The van der Waals surface area contributed by atoms with E-state index in [0.717, 1.165) is 19.6 Å². The van der Waals surface area contributed by atoms with Gasteiger partial charge in [0.2, 0.25) is 5.91 Å². The van der Waals surface area contributed by atoms with Crippen LogP contribution < -0.4 is 0 Å². The monoisotopic (exact) mass is 311 g/mol. The van der Waals surface area contributed by atoms with E-state index in [4.69, 9.17) is 4.74 Å². The molecule has 1 saturated heterocycles. The lowest BCUT2D eigenvalue weighted by Gasteiger charge is -2.34. The van der Waals surface area contributed by atoms with Gasteiger partial charge in [-0.25, -0.2) is 0 Å². The van der Waals surface area contributed by atoms with Crippen molar-refractivity contribution in [1.29, 1.82) is 0 Å². The summed E-state index contributed by atoms with van der Waals surface area (Å²) in [7, 11) is 5.96. The van der Waals surface area contributed by atoms with Crippen LogP contribution in [-0.2, 0) is 16.1 Å². The second-order valence-corrected chi connectivity index (χ2v) is 6.85. The van der Waals surface area contributed by atoms with E-state index in [9.17, 15) is 4.79 Å². The second-order valence-electron chi connectivity index (χ2n) is 5.82. The molecule has 6 heteroatoms. The summed E-state index contributed by atoms with van der Waals surface area (Å²) in [5.74, 6) is 0.175. The molecule has 0 saturated carbocycles. The molecule has 5 nitrogen and oxygen atoms in total. The summed E-state index contributed by atoms with van der Waals surface area (Å²) in [6.07, 6.45) is 0.198. The Balaban J connectivity index is 1.78. The van der Waals surface area contributed by atoms with Crippen molar-refractivity contribution in [3.8, 4) is 0 Å². The number of ether oxygens (including phenoxy) is 1. The fourth-order valence-corrected chi connectivity index (χ4v) is 3.24. The number of amides is 1. The summed E-state index contributed by atoms with van der Waals surface area (Å²) in [6, 6.07) is 4.09. The maximum absolute atomic E-state index is 12.3. The number of carbonyl (C=O) groups excluding carboxylic acids is 1. The summed E-state index contributed by atoms with van der Waals surface area (Å²) < 4.78 is 5.74. The highest BCUT2D eigenvalue weighted by Gasteiger charge is 2.23. The van der Waals surface area contributed by atoms with Crippen molar-refractivity contribution in [3.05, 3.63) is 22.4 Å².